The Hall–Kier alpha value is -0.120. The second-order valence-electron chi connectivity index (χ2n) is 3.63. The Morgan fingerprint density at radius 1 is 1.55 bits per heavy atom. The molecule has 2 aliphatic heterocycles. The largest absolute Gasteiger partial charge is 0.378 e. The number of nitrogens with one attached hydrogen (secondary N) is 1. The van der Waals surface area contributed by atoms with E-state index >= 15 is 0 Å². The van der Waals surface area contributed by atoms with Crippen LogP contribution in [0.3, 0.4) is 0 Å². The average Bonchev–Trinajstić information content (AvgIpc) is 2.46. The molecule has 1 N–H and O–H groups in total. The summed E-state index contributed by atoms with van der Waals surface area (Å²) in [6, 6.07) is 0. The van der Waals surface area contributed by atoms with Crippen molar-refractivity contribution in [3.63, 3.8) is 0 Å². The molecule has 0 bridgehead atoms. The van der Waals surface area contributed by atoms with Crippen LogP contribution < -0.4 is 5.32 Å². The quantitative estimate of drug-likeness (QED) is 0.520. The van der Waals surface area contributed by atoms with Crippen LogP contribution in [0.15, 0.2) is 0 Å². The van der Waals surface area contributed by atoms with Crippen molar-refractivity contribution in [2.45, 2.75) is 12.0 Å². The molecule has 0 aliphatic carbocycles. The molecule has 0 aromatic carbocycles. The molecule has 0 amide bonds. The third-order valence-corrected chi connectivity index (χ3v) is 2.97. The lowest BCUT2D eigenvalue weighted by Crippen LogP contribution is -2.56. The van der Waals surface area contributed by atoms with Crippen molar-refractivity contribution < 1.29 is 4.74 Å². The van der Waals surface area contributed by atoms with E-state index in [0.717, 1.165) is 32.8 Å². The summed E-state index contributed by atoms with van der Waals surface area (Å²) in [5, 5.41) is 3.39. The SMILES string of the molecule is CN1CCOCC12CCNC2. The molecule has 1 atom stereocenters. The van der Waals surface area contributed by atoms with E-state index in [-0.39, 0.29) is 0 Å². The van der Waals surface area contributed by atoms with Crippen molar-refractivity contribution in [3.8, 4) is 0 Å². The first-order chi connectivity index (χ1) is 5.33. The lowest BCUT2D eigenvalue weighted by molar-refractivity contribution is -0.0456. The van der Waals surface area contributed by atoms with Gasteiger partial charge in [0.1, 0.15) is 0 Å². The summed E-state index contributed by atoms with van der Waals surface area (Å²) in [6.07, 6.45) is 1.24. The normalized spacial score (nSPS) is 40.1. The van der Waals surface area contributed by atoms with E-state index in [9.17, 15) is 0 Å². The predicted octanol–water partition coefficient (Wildman–Crippen LogP) is -0.319. The zero-order valence-corrected chi connectivity index (χ0v) is 7.10. The van der Waals surface area contributed by atoms with E-state index < -0.39 is 0 Å². The molecule has 1 spiro atoms. The number of rotatable bonds is 0. The molecule has 1 unspecified atom stereocenters. The van der Waals surface area contributed by atoms with Gasteiger partial charge in [0.15, 0.2) is 0 Å². The first-order valence-electron chi connectivity index (χ1n) is 4.33. The van der Waals surface area contributed by atoms with Gasteiger partial charge < -0.3 is 10.1 Å². The highest BCUT2D eigenvalue weighted by Crippen LogP contribution is 2.24. The fourth-order valence-electron chi connectivity index (χ4n) is 1.99. The standard InChI is InChI=1S/C8H16N2O/c1-10-4-5-11-7-8(10)2-3-9-6-8/h9H,2-7H2,1H3. The molecule has 2 saturated heterocycles. The van der Waals surface area contributed by atoms with E-state index in [1.165, 1.54) is 6.42 Å². The maximum absolute atomic E-state index is 5.50. The number of hydrogen-bond donors (Lipinski definition) is 1. The number of ether oxygens (including phenoxy) is 1. The summed E-state index contributed by atoms with van der Waals surface area (Å²) < 4.78 is 5.50. The van der Waals surface area contributed by atoms with Gasteiger partial charge >= 0.3 is 0 Å². The first kappa shape index (κ1) is 7.53. The molecule has 3 heteroatoms. The van der Waals surface area contributed by atoms with Gasteiger partial charge in [0.2, 0.25) is 0 Å². The lowest BCUT2D eigenvalue weighted by Gasteiger charge is -2.41. The van der Waals surface area contributed by atoms with Crippen molar-refractivity contribution >= 4 is 0 Å². The van der Waals surface area contributed by atoms with Gasteiger partial charge in [-0.25, -0.2) is 0 Å². The van der Waals surface area contributed by atoms with Gasteiger partial charge in [-0.05, 0) is 20.0 Å². The number of nitrogens with zero attached hydrogens (tertiary/aromatic N) is 1. The van der Waals surface area contributed by atoms with Gasteiger partial charge in [-0.2, -0.15) is 0 Å². The van der Waals surface area contributed by atoms with Crippen LogP contribution in [0.2, 0.25) is 0 Å². The van der Waals surface area contributed by atoms with Gasteiger partial charge in [-0.1, -0.05) is 0 Å². The Balaban J connectivity index is 2.07. The summed E-state index contributed by atoms with van der Waals surface area (Å²) in [7, 11) is 2.20. The highest BCUT2D eigenvalue weighted by Gasteiger charge is 2.39. The van der Waals surface area contributed by atoms with Crippen LogP contribution in [0, 0.1) is 0 Å². The summed E-state index contributed by atoms with van der Waals surface area (Å²) in [5.41, 5.74) is 0.332. The van der Waals surface area contributed by atoms with Gasteiger partial charge in [-0.15, -0.1) is 0 Å². The average molecular weight is 156 g/mol. The van der Waals surface area contributed by atoms with Crippen molar-refractivity contribution in [2.24, 2.45) is 0 Å². The zero-order valence-electron chi connectivity index (χ0n) is 7.10. The Bertz CT molecular complexity index is 143. The molecule has 2 heterocycles. The highest BCUT2D eigenvalue weighted by atomic mass is 16.5. The molecule has 2 fully saturated rings. The number of morpholine rings is 1. The maximum atomic E-state index is 5.50. The highest BCUT2D eigenvalue weighted by molar-refractivity contribution is 4.98. The molecule has 11 heavy (non-hydrogen) atoms. The Morgan fingerprint density at radius 2 is 2.45 bits per heavy atom. The topological polar surface area (TPSA) is 24.5 Å². The minimum Gasteiger partial charge on any atom is -0.378 e. The molecule has 0 aromatic heterocycles. The molecular formula is C8H16N2O. The minimum absolute atomic E-state index is 0.332. The van der Waals surface area contributed by atoms with Crippen molar-refractivity contribution in [1.82, 2.24) is 10.2 Å². The summed E-state index contributed by atoms with van der Waals surface area (Å²) in [5.74, 6) is 0. The lowest BCUT2D eigenvalue weighted by atomic mass is 9.97. The molecule has 2 aliphatic rings. The van der Waals surface area contributed by atoms with Crippen LogP contribution in [0.1, 0.15) is 6.42 Å². The smallest absolute Gasteiger partial charge is 0.0663 e. The Morgan fingerprint density at radius 3 is 3.09 bits per heavy atom. The molecule has 0 saturated carbocycles. The molecule has 2 rings (SSSR count). The van der Waals surface area contributed by atoms with Crippen LogP contribution >= 0.6 is 0 Å². The van der Waals surface area contributed by atoms with Gasteiger partial charge in [0, 0.05) is 13.1 Å². The second-order valence-corrected chi connectivity index (χ2v) is 3.63. The fraction of sp³-hybridized carbons (Fsp3) is 1.00. The Labute approximate surface area is 67.7 Å². The molecule has 64 valence electrons. The summed E-state index contributed by atoms with van der Waals surface area (Å²) >= 11 is 0. The van der Waals surface area contributed by atoms with Crippen LogP contribution in [-0.4, -0.2) is 50.3 Å². The first-order valence-corrected chi connectivity index (χ1v) is 4.33. The van der Waals surface area contributed by atoms with Gasteiger partial charge in [0.05, 0.1) is 18.8 Å². The van der Waals surface area contributed by atoms with Crippen LogP contribution in [0.25, 0.3) is 0 Å². The van der Waals surface area contributed by atoms with E-state index in [0.29, 0.717) is 5.54 Å². The fourth-order valence-corrected chi connectivity index (χ4v) is 1.99. The van der Waals surface area contributed by atoms with E-state index in [1.807, 2.05) is 0 Å². The van der Waals surface area contributed by atoms with Gasteiger partial charge in [0.25, 0.3) is 0 Å². The van der Waals surface area contributed by atoms with E-state index in [4.69, 9.17) is 4.74 Å². The van der Waals surface area contributed by atoms with Crippen LogP contribution in [0.4, 0.5) is 0 Å². The predicted molar refractivity (Wildman–Crippen MR) is 43.7 cm³/mol. The monoisotopic (exact) mass is 156 g/mol. The maximum Gasteiger partial charge on any atom is 0.0663 e. The summed E-state index contributed by atoms with van der Waals surface area (Å²) in [6.45, 7) is 5.15. The second kappa shape index (κ2) is 2.73. The molecular weight excluding hydrogens is 140 g/mol. The minimum atomic E-state index is 0.332. The number of likely N-dealkylation sites (N-methyl/N-ethyl adjacent to an activating group) is 1. The van der Waals surface area contributed by atoms with E-state index in [2.05, 4.69) is 17.3 Å². The van der Waals surface area contributed by atoms with Crippen molar-refractivity contribution in [3.05, 3.63) is 0 Å². The molecule has 3 nitrogen and oxygen atoms in total. The Kier molecular flexibility index (Phi) is 1.87. The van der Waals surface area contributed by atoms with Crippen LogP contribution in [0.5, 0.6) is 0 Å². The molecule has 0 aromatic rings. The summed E-state index contributed by atoms with van der Waals surface area (Å²) in [4.78, 5) is 2.44. The van der Waals surface area contributed by atoms with Crippen LogP contribution in [-0.2, 0) is 4.74 Å². The third kappa shape index (κ3) is 1.17. The zero-order chi connectivity index (χ0) is 7.73. The van der Waals surface area contributed by atoms with Gasteiger partial charge in [-0.3, -0.25) is 4.90 Å². The van der Waals surface area contributed by atoms with Crippen molar-refractivity contribution in [1.29, 1.82) is 0 Å². The molecule has 0 radical (unpaired) electrons. The van der Waals surface area contributed by atoms with Crippen molar-refractivity contribution in [2.75, 3.05) is 39.9 Å². The van der Waals surface area contributed by atoms with E-state index in [1.54, 1.807) is 0 Å². The third-order valence-electron chi connectivity index (χ3n) is 2.97. The number of hydrogen-bond acceptors (Lipinski definition) is 3.